The molecule has 8 heteroatoms. The lowest BCUT2D eigenvalue weighted by Gasteiger charge is -2.16. The fourth-order valence-electron chi connectivity index (χ4n) is 2.95. The van der Waals surface area contributed by atoms with E-state index in [1.807, 2.05) is 0 Å². The molecular weight excluding hydrogens is 382 g/mol. The first-order chi connectivity index (χ1) is 13.5. The van der Waals surface area contributed by atoms with E-state index in [2.05, 4.69) is 10.5 Å². The molecule has 2 aromatic rings. The third kappa shape index (κ3) is 4.43. The number of methoxy groups -OCH3 is 2. The smallest absolute Gasteiger partial charge is 0.245 e. The lowest BCUT2D eigenvalue weighted by Crippen LogP contribution is -2.30. The first kappa shape index (κ1) is 19.7. The van der Waals surface area contributed by atoms with Crippen LogP contribution in [-0.2, 0) is 9.59 Å². The van der Waals surface area contributed by atoms with Gasteiger partial charge in [-0.1, -0.05) is 11.6 Å². The van der Waals surface area contributed by atoms with Crippen molar-refractivity contribution in [3.8, 4) is 11.5 Å². The van der Waals surface area contributed by atoms with Gasteiger partial charge in [0.2, 0.25) is 11.8 Å². The van der Waals surface area contributed by atoms with Crippen LogP contribution in [0.3, 0.4) is 0 Å². The Morgan fingerprint density at radius 2 is 1.96 bits per heavy atom. The fourth-order valence-corrected chi connectivity index (χ4v) is 3.08. The molecule has 1 atom stereocenters. The van der Waals surface area contributed by atoms with Crippen molar-refractivity contribution < 1.29 is 19.1 Å². The number of carbonyl (C=O) groups excluding carboxylic acids is 2. The zero-order valence-electron chi connectivity index (χ0n) is 15.5. The topological polar surface area (TPSA) is 80.2 Å². The molecular formula is C20H20ClN3O4. The minimum atomic E-state index is -0.479. The van der Waals surface area contributed by atoms with Crippen LogP contribution in [0.15, 0.2) is 47.6 Å². The van der Waals surface area contributed by atoms with Crippen molar-refractivity contribution in [2.45, 2.75) is 6.42 Å². The van der Waals surface area contributed by atoms with Gasteiger partial charge in [0.1, 0.15) is 11.5 Å². The number of carbonyl (C=O) groups is 2. The molecule has 28 heavy (non-hydrogen) atoms. The first-order valence-electron chi connectivity index (χ1n) is 8.62. The Hall–Kier alpha value is -3.06. The van der Waals surface area contributed by atoms with E-state index in [4.69, 9.17) is 21.1 Å². The number of rotatable bonds is 6. The van der Waals surface area contributed by atoms with Crippen molar-refractivity contribution in [1.82, 2.24) is 5.43 Å². The maximum absolute atomic E-state index is 12.4. The molecule has 1 aliphatic rings. The molecule has 2 amide bonds. The molecule has 0 unspecified atom stereocenters. The Balaban J connectivity index is 1.63. The van der Waals surface area contributed by atoms with Gasteiger partial charge in [-0.15, -0.1) is 0 Å². The van der Waals surface area contributed by atoms with E-state index in [0.717, 1.165) is 0 Å². The summed E-state index contributed by atoms with van der Waals surface area (Å²) in [4.78, 5) is 26.3. The number of amides is 2. The van der Waals surface area contributed by atoms with Crippen LogP contribution in [0.5, 0.6) is 11.5 Å². The summed E-state index contributed by atoms with van der Waals surface area (Å²) < 4.78 is 10.4. The highest BCUT2D eigenvalue weighted by Crippen LogP contribution is 2.26. The average molecular weight is 402 g/mol. The lowest BCUT2D eigenvalue weighted by atomic mass is 10.1. The molecule has 0 radical (unpaired) electrons. The number of hydrazone groups is 1. The highest BCUT2D eigenvalue weighted by molar-refractivity contribution is 6.30. The van der Waals surface area contributed by atoms with Crippen LogP contribution >= 0.6 is 11.6 Å². The molecule has 2 aromatic carbocycles. The van der Waals surface area contributed by atoms with Crippen LogP contribution in [0.25, 0.3) is 0 Å². The van der Waals surface area contributed by atoms with Gasteiger partial charge in [0, 0.05) is 29.2 Å². The first-order valence-corrected chi connectivity index (χ1v) is 9.00. The van der Waals surface area contributed by atoms with Gasteiger partial charge in [-0.2, -0.15) is 5.10 Å². The van der Waals surface area contributed by atoms with Crippen LogP contribution in [0.1, 0.15) is 12.0 Å². The third-order valence-corrected chi connectivity index (χ3v) is 4.70. The Bertz CT molecular complexity index is 899. The van der Waals surface area contributed by atoms with Gasteiger partial charge in [0.25, 0.3) is 0 Å². The SMILES string of the molecule is COc1ccc(OC)c(/C=N\NC(=O)[C@H]2CC(=O)N(c3ccc(Cl)cc3)C2)c1. The predicted octanol–water partition coefficient (Wildman–Crippen LogP) is 2.86. The highest BCUT2D eigenvalue weighted by atomic mass is 35.5. The van der Waals surface area contributed by atoms with Crippen molar-refractivity contribution in [3.63, 3.8) is 0 Å². The molecule has 0 aromatic heterocycles. The minimum absolute atomic E-state index is 0.110. The quantitative estimate of drug-likeness (QED) is 0.596. The summed E-state index contributed by atoms with van der Waals surface area (Å²) in [6.07, 6.45) is 1.61. The van der Waals surface area contributed by atoms with Gasteiger partial charge >= 0.3 is 0 Å². The second-order valence-corrected chi connectivity index (χ2v) is 6.66. The zero-order valence-corrected chi connectivity index (χ0v) is 16.3. The van der Waals surface area contributed by atoms with Crippen molar-refractivity contribution in [2.24, 2.45) is 11.0 Å². The largest absolute Gasteiger partial charge is 0.497 e. The van der Waals surface area contributed by atoms with E-state index in [0.29, 0.717) is 34.3 Å². The van der Waals surface area contributed by atoms with Crippen LogP contribution in [-0.4, -0.2) is 38.8 Å². The number of anilines is 1. The maximum Gasteiger partial charge on any atom is 0.245 e. The number of hydrogen-bond donors (Lipinski definition) is 1. The van der Waals surface area contributed by atoms with Crippen LogP contribution < -0.4 is 19.8 Å². The zero-order chi connectivity index (χ0) is 20.1. The van der Waals surface area contributed by atoms with Gasteiger partial charge in [0.15, 0.2) is 0 Å². The summed E-state index contributed by atoms with van der Waals surface area (Å²) in [5, 5.41) is 4.59. The number of nitrogens with zero attached hydrogens (tertiary/aromatic N) is 2. The Morgan fingerprint density at radius 3 is 2.64 bits per heavy atom. The molecule has 1 heterocycles. The molecule has 3 rings (SSSR count). The summed E-state index contributed by atoms with van der Waals surface area (Å²) in [5.41, 5.74) is 3.87. The van der Waals surface area contributed by atoms with E-state index in [1.165, 1.54) is 6.21 Å². The number of hydrogen-bond acceptors (Lipinski definition) is 5. The molecule has 0 aliphatic carbocycles. The number of nitrogens with one attached hydrogen (secondary N) is 1. The van der Waals surface area contributed by atoms with Crippen LogP contribution in [0.4, 0.5) is 5.69 Å². The molecule has 1 N–H and O–H groups in total. The molecule has 0 bridgehead atoms. The van der Waals surface area contributed by atoms with Crippen molar-refractivity contribution in [1.29, 1.82) is 0 Å². The van der Waals surface area contributed by atoms with E-state index in [1.54, 1.807) is 61.6 Å². The second-order valence-electron chi connectivity index (χ2n) is 6.22. The van der Waals surface area contributed by atoms with Gasteiger partial charge in [0.05, 0.1) is 26.4 Å². The summed E-state index contributed by atoms with van der Waals surface area (Å²) in [5.74, 6) is 0.341. The lowest BCUT2D eigenvalue weighted by molar-refractivity contribution is -0.126. The molecule has 146 valence electrons. The summed E-state index contributed by atoms with van der Waals surface area (Å²) in [6, 6.07) is 12.2. The maximum atomic E-state index is 12.4. The van der Waals surface area contributed by atoms with Gasteiger partial charge in [-0.25, -0.2) is 5.43 Å². The van der Waals surface area contributed by atoms with Crippen LogP contribution in [0, 0.1) is 5.92 Å². The second kappa shape index (κ2) is 8.75. The van der Waals surface area contributed by atoms with E-state index in [9.17, 15) is 9.59 Å². The Labute approximate surface area is 167 Å². The van der Waals surface area contributed by atoms with Gasteiger partial charge < -0.3 is 14.4 Å². The molecule has 1 aliphatic heterocycles. The monoisotopic (exact) mass is 401 g/mol. The van der Waals surface area contributed by atoms with Crippen LogP contribution in [0.2, 0.25) is 5.02 Å². The average Bonchev–Trinajstić information content (AvgIpc) is 3.10. The van der Waals surface area contributed by atoms with Gasteiger partial charge in [-0.05, 0) is 42.5 Å². The Morgan fingerprint density at radius 1 is 1.21 bits per heavy atom. The van der Waals surface area contributed by atoms with E-state index < -0.39 is 5.92 Å². The minimum Gasteiger partial charge on any atom is -0.497 e. The normalized spacial score (nSPS) is 16.5. The van der Waals surface area contributed by atoms with Crippen molar-refractivity contribution >= 4 is 35.3 Å². The Kier molecular flexibility index (Phi) is 6.16. The fraction of sp³-hybridized carbons (Fsp3) is 0.250. The third-order valence-electron chi connectivity index (χ3n) is 4.45. The standard InChI is InChI=1S/C20H20ClN3O4/c1-27-17-7-8-18(28-2)13(9-17)11-22-23-20(26)14-10-19(25)24(12-14)16-5-3-15(21)4-6-16/h3-9,11,14H,10,12H2,1-2H3,(H,23,26)/b22-11-/t14-/m0/s1. The molecule has 1 fully saturated rings. The summed E-state index contributed by atoms with van der Waals surface area (Å²) >= 11 is 5.88. The predicted molar refractivity (Wildman–Crippen MR) is 107 cm³/mol. The van der Waals surface area contributed by atoms with E-state index >= 15 is 0 Å². The molecule has 7 nitrogen and oxygen atoms in total. The van der Waals surface area contributed by atoms with Crippen molar-refractivity contribution in [2.75, 3.05) is 25.7 Å². The summed E-state index contributed by atoms with van der Waals surface area (Å²) in [6.45, 7) is 0.296. The van der Waals surface area contributed by atoms with Crippen molar-refractivity contribution in [3.05, 3.63) is 53.1 Å². The molecule has 0 saturated carbocycles. The van der Waals surface area contributed by atoms with E-state index in [-0.39, 0.29) is 18.2 Å². The summed E-state index contributed by atoms with van der Waals surface area (Å²) in [7, 11) is 3.11. The van der Waals surface area contributed by atoms with Gasteiger partial charge in [-0.3, -0.25) is 9.59 Å². The highest BCUT2D eigenvalue weighted by Gasteiger charge is 2.35. The molecule has 0 spiro atoms. The number of ether oxygens (including phenoxy) is 2. The molecule has 1 saturated heterocycles. The number of benzene rings is 2. The number of halogens is 1.